The van der Waals surface area contributed by atoms with Crippen LogP contribution in [0.15, 0.2) is 48.1 Å². The minimum atomic E-state index is -1.97. The molecule has 44 heavy (non-hydrogen) atoms. The summed E-state index contributed by atoms with van der Waals surface area (Å²) >= 11 is 0. The summed E-state index contributed by atoms with van der Waals surface area (Å²) in [5.41, 5.74) is -1.94. The van der Waals surface area contributed by atoms with Gasteiger partial charge in [0.1, 0.15) is 13.2 Å². The van der Waals surface area contributed by atoms with Gasteiger partial charge in [0.15, 0.2) is 17.2 Å². The Morgan fingerprint density at radius 1 is 1.09 bits per heavy atom. The number of allylic oxidation sites excluding steroid dienone is 4. The zero-order valence-electron chi connectivity index (χ0n) is 24.8. The lowest BCUT2D eigenvalue weighted by Gasteiger charge is -2.62. The summed E-state index contributed by atoms with van der Waals surface area (Å²) in [5, 5.41) is 30.9. The van der Waals surface area contributed by atoms with Crippen LogP contribution < -0.4 is 5.32 Å². The fourth-order valence-electron chi connectivity index (χ4n) is 8.44. The Labute approximate surface area is 254 Å². The normalized spacial score (nSPS) is 34.1. The van der Waals surface area contributed by atoms with E-state index in [1.165, 1.54) is 12.2 Å². The van der Waals surface area contributed by atoms with E-state index in [1.807, 2.05) is 6.92 Å². The van der Waals surface area contributed by atoms with Crippen LogP contribution in [0.2, 0.25) is 0 Å². The first-order valence-corrected chi connectivity index (χ1v) is 14.9. The van der Waals surface area contributed by atoms with E-state index in [0.717, 1.165) is 0 Å². The van der Waals surface area contributed by atoms with Crippen molar-refractivity contribution >= 4 is 23.4 Å². The number of carbonyl (C=O) groups is 4. The van der Waals surface area contributed by atoms with Crippen LogP contribution in [-0.2, 0) is 41.8 Å². The average Bonchev–Trinajstić information content (AvgIpc) is 3.31. The molecule has 4 aliphatic rings. The van der Waals surface area contributed by atoms with E-state index in [4.69, 9.17) is 15.2 Å². The van der Waals surface area contributed by atoms with Gasteiger partial charge in [0.2, 0.25) is 5.91 Å². The topological polar surface area (TPSA) is 163 Å². The molecule has 3 unspecified atom stereocenters. The maximum Gasteiger partial charge on any atom is 0.325 e. The number of ether oxygens (including phenoxy) is 1. The van der Waals surface area contributed by atoms with Gasteiger partial charge in [-0.3, -0.25) is 29.6 Å². The maximum atomic E-state index is 17.2. The molecule has 3 fully saturated rings. The lowest BCUT2D eigenvalue weighted by Crippen LogP contribution is -2.66. The summed E-state index contributed by atoms with van der Waals surface area (Å²) in [4.78, 5) is 54.8. The number of benzene rings is 1. The highest BCUT2D eigenvalue weighted by atomic mass is 19.1. The summed E-state index contributed by atoms with van der Waals surface area (Å²) in [5.74, 6) is -2.91. The highest BCUT2D eigenvalue weighted by molar-refractivity contribution is 6.01. The summed E-state index contributed by atoms with van der Waals surface area (Å²) in [6, 6.07) is 6.71. The van der Waals surface area contributed by atoms with Crippen LogP contribution in [0.5, 0.6) is 0 Å². The molecule has 1 amide bonds. The number of aliphatic hydroxyl groups excluding tert-OH is 1. The van der Waals surface area contributed by atoms with Crippen LogP contribution >= 0.6 is 0 Å². The summed E-state index contributed by atoms with van der Waals surface area (Å²) in [6.07, 6.45) is 5.24. The number of hydrogen-bond donors (Lipinski definition) is 4. The summed E-state index contributed by atoms with van der Waals surface area (Å²) in [6.45, 7) is 2.54. The molecule has 0 saturated heterocycles. The number of halogens is 1. The molecule has 0 spiro atoms. The minimum absolute atomic E-state index is 0.0802. The monoisotopic (exact) mass is 614 g/mol. The molecule has 3 saturated carbocycles. The van der Waals surface area contributed by atoms with Crippen molar-refractivity contribution in [3.8, 4) is 0 Å². The minimum Gasteiger partial charge on any atom is -0.456 e. The second-order valence-corrected chi connectivity index (χ2v) is 12.9. The average molecular weight is 615 g/mol. The summed E-state index contributed by atoms with van der Waals surface area (Å²) in [7, 11) is 0. The molecule has 0 heterocycles. The van der Waals surface area contributed by atoms with Crippen LogP contribution in [0.3, 0.4) is 0 Å². The van der Waals surface area contributed by atoms with Crippen molar-refractivity contribution in [3.05, 3.63) is 59.2 Å². The van der Waals surface area contributed by atoms with Crippen molar-refractivity contribution in [2.75, 3.05) is 13.2 Å². The number of nitrogens with one attached hydrogen (secondary N) is 1. The van der Waals surface area contributed by atoms with Crippen LogP contribution in [0.1, 0.15) is 57.1 Å². The first-order valence-electron chi connectivity index (χ1n) is 14.9. The van der Waals surface area contributed by atoms with Crippen LogP contribution in [-0.4, -0.2) is 69.3 Å². The Morgan fingerprint density at radius 2 is 1.82 bits per heavy atom. The number of carbonyl (C=O) groups excluding carboxylic acids is 4. The molecule has 1 aromatic carbocycles. The Morgan fingerprint density at radius 3 is 2.55 bits per heavy atom. The predicted molar refractivity (Wildman–Crippen MR) is 151 cm³/mol. The number of aliphatic hydroxyl groups is 1. The standard InChI is InChI=1S/C32H39FN2O9/c1-30-15-27(38)32(33)24(8-7-21-14-22(36)11-12-31(21,32)2)23(30)9-10-25(30)26(37)18-43-29(40)16-34-28(39)13-19-5-3-4-6-20(19)17-44-35(41)42/h3-6,11-12,14,23-25,27,38,41-42H,7-10,13,15-18H2,1-2H3,(H,34,39)/t23?,24-,25?,27-,30-,31-,32?/m0/s1. The van der Waals surface area contributed by atoms with Gasteiger partial charge >= 0.3 is 5.97 Å². The van der Waals surface area contributed by atoms with Crippen molar-refractivity contribution in [1.29, 1.82) is 0 Å². The van der Waals surface area contributed by atoms with Crippen LogP contribution in [0.25, 0.3) is 0 Å². The number of amides is 1. The molecule has 0 aromatic heterocycles. The maximum absolute atomic E-state index is 17.2. The quantitative estimate of drug-likeness (QED) is 0.228. The zero-order chi connectivity index (χ0) is 31.9. The second kappa shape index (κ2) is 12.2. The van der Waals surface area contributed by atoms with Gasteiger partial charge < -0.3 is 15.2 Å². The van der Waals surface area contributed by atoms with Gasteiger partial charge in [0.25, 0.3) is 0 Å². The van der Waals surface area contributed by atoms with E-state index in [1.54, 1.807) is 37.3 Å². The highest BCUT2D eigenvalue weighted by Gasteiger charge is 2.70. The van der Waals surface area contributed by atoms with Gasteiger partial charge in [0, 0.05) is 17.3 Å². The van der Waals surface area contributed by atoms with Gasteiger partial charge in [-0.25, -0.2) is 9.23 Å². The number of hydrogen-bond acceptors (Lipinski definition) is 10. The highest BCUT2D eigenvalue weighted by Crippen LogP contribution is 2.68. The Kier molecular flexibility index (Phi) is 8.94. The fourth-order valence-corrected chi connectivity index (χ4v) is 8.44. The Bertz CT molecular complexity index is 1400. The van der Waals surface area contributed by atoms with E-state index in [2.05, 4.69) is 10.2 Å². The molecular formula is C32H39FN2O9. The third-order valence-corrected chi connectivity index (χ3v) is 10.6. The molecule has 5 rings (SSSR count). The van der Waals surface area contributed by atoms with Crippen molar-refractivity contribution in [2.24, 2.45) is 28.6 Å². The molecule has 238 valence electrons. The summed E-state index contributed by atoms with van der Waals surface area (Å²) < 4.78 is 22.4. The van der Waals surface area contributed by atoms with Gasteiger partial charge in [-0.2, -0.15) is 0 Å². The number of esters is 1. The Hall–Kier alpha value is -3.29. The number of alkyl halides is 1. The SMILES string of the molecule is C[C@]12C[C@H](O)C3(F)[C@@H](CCC4=CC(=O)C=C[C@@]43C)C1CCC2C(=O)COC(=O)CNC(=O)Cc1ccccc1CON(O)O. The largest absolute Gasteiger partial charge is 0.456 e. The lowest BCUT2D eigenvalue weighted by atomic mass is 9.45. The van der Waals surface area contributed by atoms with Gasteiger partial charge in [-0.15, -0.1) is 0 Å². The molecule has 4 aliphatic carbocycles. The van der Waals surface area contributed by atoms with Crippen LogP contribution in [0, 0.1) is 28.6 Å². The van der Waals surface area contributed by atoms with Crippen molar-refractivity contribution < 1.29 is 48.7 Å². The molecule has 11 nitrogen and oxygen atoms in total. The number of Topliss-reactive ketones (excluding diaryl/α,β-unsaturated/α-hetero) is 1. The smallest absolute Gasteiger partial charge is 0.325 e. The molecule has 1 aromatic rings. The van der Waals surface area contributed by atoms with Gasteiger partial charge in [-0.05, 0) is 73.6 Å². The zero-order valence-corrected chi connectivity index (χ0v) is 24.8. The fraction of sp³-hybridized carbons (Fsp3) is 0.562. The number of nitrogens with zero attached hydrogens (tertiary/aromatic N) is 1. The van der Waals surface area contributed by atoms with Crippen LogP contribution in [0.4, 0.5) is 4.39 Å². The molecule has 0 radical (unpaired) electrons. The Balaban J connectivity index is 1.16. The van der Waals surface area contributed by atoms with E-state index in [9.17, 15) is 24.3 Å². The molecular weight excluding hydrogens is 575 g/mol. The van der Waals surface area contributed by atoms with Gasteiger partial charge in [-0.1, -0.05) is 42.8 Å². The lowest BCUT2D eigenvalue weighted by molar-refractivity contribution is -0.497. The molecule has 12 heteroatoms. The molecule has 7 atom stereocenters. The predicted octanol–water partition coefficient (Wildman–Crippen LogP) is 2.96. The molecule has 0 bridgehead atoms. The van der Waals surface area contributed by atoms with E-state index in [-0.39, 0.29) is 36.9 Å². The van der Waals surface area contributed by atoms with Gasteiger partial charge in [0.05, 0.1) is 24.5 Å². The first-order chi connectivity index (χ1) is 20.8. The molecule has 0 aliphatic heterocycles. The number of ketones is 2. The van der Waals surface area contributed by atoms with Crippen molar-refractivity contribution in [2.45, 2.75) is 70.8 Å². The van der Waals surface area contributed by atoms with Crippen molar-refractivity contribution in [3.63, 3.8) is 0 Å². The number of fused-ring (bicyclic) bond motifs is 5. The van der Waals surface area contributed by atoms with E-state index in [0.29, 0.717) is 42.4 Å². The van der Waals surface area contributed by atoms with E-state index < -0.39 is 64.9 Å². The van der Waals surface area contributed by atoms with Crippen molar-refractivity contribution in [1.82, 2.24) is 10.7 Å². The third-order valence-electron chi connectivity index (χ3n) is 10.6. The first kappa shape index (κ1) is 32.1. The second-order valence-electron chi connectivity index (χ2n) is 12.9. The van der Waals surface area contributed by atoms with E-state index >= 15 is 4.39 Å². The molecule has 4 N–H and O–H groups in total. The third kappa shape index (κ3) is 5.65. The number of rotatable bonds is 10.